The number of fused-ring (bicyclic) bond motifs is 1. The zero-order chi connectivity index (χ0) is 16.4. The summed E-state index contributed by atoms with van der Waals surface area (Å²) in [5.41, 5.74) is 3.09. The van der Waals surface area contributed by atoms with Crippen LogP contribution < -0.4 is 0 Å². The van der Waals surface area contributed by atoms with Crippen LogP contribution in [0, 0.1) is 0 Å². The summed E-state index contributed by atoms with van der Waals surface area (Å²) in [5, 5.41) is 5.08. The van der Waals surface area contributed by atoms with Crippen molar-refractivity contribution in [1.82, 2.24) is 19.9 Å². The zero-order valence-corrected chi connectivity index (χ0v) is 13.4. The van der Waals surface area contributed by atoms with Gasteiger partial charge in [-0.05, 0) is 11.6 Å². The summed E-state index contributed by atoms with van der Waals surface area (Å²) in [4.78, 5) is 20.1. The van der Waals surface area contributed by atoms with Gasteiger partial charge in [0.15, 0.2) is 0 Å². The third kappa shape index (κ3) is 3.05. The molecule has 1 amide bonds. The van der Waals surface area contributed by atoms with Gasteiger partial charge in [-0.15, -0.1) is 0 Å². The second-order valence-electron chi connectivity index (χ2n) is 6.18. The van der Waals surface area contributed by atoms with E-state index in [2.05, 4.69) is 21.1 Å². The van der Waals surface area contributed by atoms with E-state index in [1.54, 1.807) is 6.26 Å². The van der Waals surface area contributed by atoms with E-state index in [9.17, 15) is 4.79 Å². The molecule has 0 radical (unpaired) electrons. The third-order valence-electron chi connectivity index (χ3n) is 4.62. The molecule has 0 aliphatic carbocycles. The fourth-order valence-electron chi connectivity index (χ4n) is 3.26. The van der Waals surface area contributed by atoms with Crippen LogP contribution in [-0.2, 0) is 17.8 Å². The Balaban J connectivity index is 1.34. The molecule has 2 aromatic heterocycles. The van der Waals surface area contributed by atoms with Crippen molar-refractivity contribution in [3.05, 3.63) is 54.0 Å². The lowest BCUT2D eigenvalue weighted by Gasteiger charge is -2.34. The van der Waals surface area contributed by atoms with Gasteiger partial charge in [0.1, 0.15) is 6.26 Å². The standard InChI is InChI=1S/C18H20N4O2/c23-18(11-14-12-19-17-4-2-1-3-16(14)17)22-8-6-21(7-9-22)13-15-5-10-24-20-15/h1-5,10,12,19H,6-9,11,13H2. The van der Waals surface area contributed by atoms with Gasteiger partial charge in [-0.1, -0.05) is 23.4 Å². The van der Waals surface area contributed by atoms with Gasteiger partial charge in [0.05, 0.1) is 12.1 Å². The molecule has 24 heavy (non-hydrogen) atoms. The number of aromatic amines is 1. The monoisotopic (exact) mass is 324 g/mol. The van der Waals surface area contributed by atoms with Gasteiger partial charge < -0.3 is 14.4 Å². The van der Waals surface area contributed by atoms with Gasteiger partial charge in [0.2, 0.25) is 5.91 Å². The molecule has 0 atom stereocenters. The first-order chi connectivity index (χ1) is 11.8. The van der Waals surface area contributed by atoms with Gasteiger partial charge in [0.25, 0.3) is 0 Å². The van der Waals surface area contributed by atoms with Crippen molar-refractivity contribution in [2.24, 2.45) is 0 Å². The van der Waals surface area contributed by atoms with E-state index in [0.717, 1.165) is 54.9 Å². The van der Waals surface area contributed by atoms with Crippen LogP contribution in [0.1, 0.15) is 11.3 Å². The Labute approximate surface area is 140 Å². The minimum absolute atomic E-state index is 0.195. The van der Waals surface area contributed by atoms with E-state index in [1.807, 2.05) is 35.4 Å². The van der Waals surface area contributed by atoms with Gasteiger partial charge in [-0.25, -0.2) is 0 Å². The summed E-state index contributed by atoms with van der Waals surface area (Å²) in [6.07, 6.45) is 3.99. The van der Waals surface area contributed by atoms with E-state index < -0.39 is 0 Å². The molecule has 0 unspecified atom stereocenters. The quantitative estimate of drug-likeness (QED) is 0.798. The van der Waals surface area contributed by atoms with Crippen molar-refractivity contribution >= 4 is 16.8 Å². The molecule has 1 aliphatic rings. The number of hydrogen-bond acceptors (Lipinski definition) is 4. The number of rotatable bonds is 4. The molecule has 1 fully saturated rings. The van der Waals surface area contributed by atoms with E-state index in [4.69, 9.17) is 4.52 Å². The highest BCUT2D eigenvalue weighted by Gasteiger charge is 2.22. The lowest BCUT2D eigenvalue weighted by molar-refractivity contribution is -0.132. The van der Waals surface area contributed by atoms with Crippen LogP contribution in [0.3, 0.4) is 0 Å². The predicted octanol–water partition coefficient (Wildman–Crippen LogP) is 2.04. The SMILES string of the molecule is O=C(Cc1c[nH]c2ccccc12)N1CCN(Cc2ccon2)CC1. The van der Waals surface area contributed by atoms with Crippen LogP contribution in [0.15, 0.2) is 47.3 Å². The summed E-state index contributed by atoms with van der Waals surface area (Å²) in [5.74, 6) is 0.195. The summed E-state index contributed by atoms with van der Waals surface area (Å²) in [7, 11) is 0. The summed E-state index contributed by atoms with van der Waals surface area (Å²) < 4.78 is 4.87. The highest BCUT2D eigenvalue weighted by molar-refractivity contribution is 5.88. The molecule has 0 bridgehead atoms. The molecular formula is C18H20N4O2. The van der Waals surface area contributed by atoms with Crippen molar-refractivity contribution in [3.8, 4) is 0 Å². The van der Waals surface area contributed by atoms with Crippen LogP contribution in [0.4, 0.5) is 0 Å². The van der Waals surface area contributed by atoms with E-state index in [1.165, 1.54) is 0 Å². The smallest absolute Gasteiger partial charge is 0.227 e. The molecule has 4 rings (SSSR count). The Morgan fingerprint density at radius 3 is 2.79 bits per heavy atom. The normalized spacial score (nSPS) is 15.9. The maximum absolute atomic E-state index is 12.6. The largest absolute Gasteiger partial charge is 0.364 e. The van der Waals surface area contributed by atoms with Crippen LogP contribution in [0.5, 0.6) is 0 Å². The Morgan fingerprint density at radius 1 is 1.17 bits per heavy atom. The molecule has 0 spiro atoms. The zero-order valence-electron chi connectivity index (χ0n) is 13.4. The highest BCUT2D eigenvalue weighted by atomic mass is 16.5. The summed E-state index contributed by atoms with van der Waals surface area (Å²) >= 11 is 0. The molecular weight excluding hydrogens is 304 g/mol. The second-order valence-corrected chi connectivity index (χ2v) is 6.18. The highest BCUT2D eigenvalue weighted by Crippen LogP contribution is 2.19. The molecule has 1 aliphatic heterocycles. The molecule has 1 saturated heterocycles. The van der Waals surface area contributed by atoms with E-state index in [0.29, 0.717) is 6.42 Å². The predicted molar refractivity (Wildman–Crippen MR) is 90.4 cm³/mol. The number of carbonyl (C=O) groups is 1. The van der Waals surface area contributed by atoms with Gasteiger partial charge in [-0.3, -0.25) is 9.69 Å². The number of nitrogens with one attached hydrogen (secondary N) is 1. The van der Waals surface area contributed by atoms with Crippen molar-refractivity contribution in [1.29, 1.82) is 0 Å². The number of aromatic nitrogens is 2. The first-order valence-electron chi connectivity index (χ1n) is 8.24. The summed E-state index contributed by atoms with van der Waals surface area (Å²) in [6, 6.07) is 9.98. The maximum atomic E-state index is 12.6. The van der Waals surface area contributed by atoms with Crippen molar-refractivity contribution in [3.63, 3.8) is 0 Å². The molecule has 0 saturated carbocycles. The van der Waals surface area contributed by atoms with Crippen LogP contribution >= 0.6 is 0 Å². The second kappa shape index (κ2) is 6.49. The molecule has 3 aromatic rings. The number of piperazine rings is 1. The molecule has 6 nitrogen and oxygen atoms in total. The van der Waals surface area contributed by atoms with Gasteiger partial charge in [0, 0.05) is 55.9 Å². The lowest BCUT2D eigenvalue weighted by Crippen LogP contribution is -2.48. The third-order valence-corrected chi connectivity index (χ3v) is 4.62. The molecule has 124 valence electrons. The minimum atomic E-state index is 0.195. The number of nitrogens with zero attached hydrogens (tertiary/aromatic N) is 3. The van der Waals surface area contributed by atoms with Crippen LogP contribution in [-0.4, -0.2) is 52.0 Å². The van der Waals surface area contributed by atoms with Crippen molar-refractivity contribution < 1.29 is 9.32 Å². The average Bonchev–Trinajstić information content (AvgIpc) is 3.26. The number of carbonyl (C=O) groups excluding carboxylic acids is 1. The first kappa shape index (κ1) is 15.0. The summed E-state index contributed by atoms with van der Waals surface area (Å²) in [6.45, 7) is 4.04. The van der Waals surface area contributed by atoms with Crippen molar-refractivity contribution in [2.75, 3.05) is 26.2 Å². The number of hydrogen-bond donors (Lipinski definition) is 1. The minimum Gasteiger partial charge on any atom is -0.364 e. The average molecular weight is 324 g/mol. The molecule has 6 heteroatoms. The Bertz CT molecular complexity index is 817. The lowest BCUT2D eigenvalue weighted by atomic mass is 10.1. The molecule has 1 aromatic carbocycles. The van der Waals surface area contributed by atoms with Gasteiger partial charge >= 0.3 is 0 Å². The Kier molecular flexibility index (Phi) is 4.04. The number of benzene rings is 1. The fourth-order valence-corrected chi connectivity index (χ4v) is 3.26. The van der Waals surface area contributed by atoms with Crippen LogP contribution in [0.2, 0.25) is 0 Å². The fraction of sp³-hybridized carbons (Fsp3) is 0.333. The first-order valence-corrected chi connectivity index (χ1v) is 8.24. The number of H-pyrrole nitrogens is 1. The van der Waals surface area contributed by atoms with Gasteiger partial charge in [-0.2, -0.15) is 0 Å². The maximum Gasteiger partial charge on any atom is 0.227 e. The number of para-hydroxylation sites is 1. The van der Waals surface area contributed by atoms with Crippen LogP contribution in [0.25, 0.3) is 10.9 Å². The Hall–Kier alpha value is -2.60. The topological polar surface area (TPSA) is 65.4 Å². The molecule has 1 N–H and O–H groups in total. The Morgan fingerprint density at radius 2 is 2.00 bits per heavy atom. The van der Waals surface area contributed by atoms with E-state index >= 15 is 0 Å². The molecule has 3 heterocycles. The van der Waals surface area contributed by atoms with Crippen molar-refractivity contribution in [2.45, 2.75) is 13.0 Å². The number of amides is 1. The van der Waals surface area contributed by atoms with E-state index in [-0.39, 0.29) is 5.91 Å².